The van der Waals surface area contributed by atoms with Crippen LogP contribution in [0, 0.1) is 6.92 Å². The monoisotopic (exact) mass is 295 g/mol. The molecule has 22 heavy (non-hydrogen) atoms. The number of hydrogen-bond donors (Lipinski definition) is 2. The van der Waals surface area contributed by atoms with Gasteiger partial charge in [-0.15, -0.1) is 0 Å². The Morgan fingerprint density at radius 2 is 2.05 bits per heavy atom. The smallest absolute Gasteiger partial charge is 0.247 e. The van der Waals surface area contributed by atoms with Gasteiger partial charge in [0.05, 0.1) is 23.0 Å². The van der Waals surface area contributed by atoms with Gasteiger partial charge in [0, 0.05) is 0 Å². The van der Waals surface area contributed by atoms with E-state index in [4.69, 9.17) is 0 Å². The minimum atomic E-state index is -0.437. The molecule has 0 aliphatic heterocycles. The van der Waals surface area contributed by atoms with Crippen LogP contribution in [0.25, 0.3) is 11.0 Å². The lowest BCUT2D eigenvalue weighted by atomic mass is 10.2. The summed E-state index contributed by atoms with van der Waals surface area (Å²) >= 11 is 0. The first-order chi connectivity index (χ1) is 10.6. The minimum absolute atomic E-state index is 0.0658. The van der Waals surface area contributed by atoms with Crippen molar-refractivity contribution in [2.45, 2.75) is 19.9 Å². The largest absolute Gasteiger partial charge is 0.506 e. The molecular weight excluding hydrogens is 278 g/mol. The SMILES string of the molecule is Cc1ccc(NC(=O)[C@H](C)n2cnc3ccccc32)c(O)c1. The summed E-state index contributed by atoms with van der Waals surface area (Å²) in [5, 5.41) is 12.6. The molecule has 0 fully saturated rings. The third-order valence-corrected chi connectivity index (χ3v) is 3.69. The average Bonchev–Trinajstić information content (AvgIpc) is 2.93. The Morgan fingerprint density at radius 1 is 1.27 bits per heavy atom. The van der Waals surface area contributed by atoms with Crippen molar-refractivity contribution in [2.75, 3.05) is 5.32 Å². The molecule has 0 unspecified atom stereocenters. The standard InChI is InChI=1S/C17H17N3O2/c1-11-7-8-14(16(21)9-11)19-17(22)12(2)20-10-18-13-5-3-4-6-15(13)20/h3-10,12,21H,1-2H3,(H,19,22)/t12-/m0/s1. The van der Waals surface area contributed by atoms with Crippen LogP contribution in [0.3, 0.4) is 0 Å². The van der Waals surface area contributed by atoms with E-state index in [0.717, 1.165) is 16.6 Å². The predicted molar refractivity (Wildman–Crippen MR) is 85.9 cm³/mol. The number of imidazole rings is 1. The van der Waals surface area contributed by atoms with Gasteiger partial charge in [-0.3, -0.25) is 4.79 Å². The second-order valence-corrected chi connectivity index (χ2v) is 5.33. The zero-order valence-corrected chi connectivity index (χ0v) is 12.4. The summed E-state index contributed by atoms with van der Waals surface area (Å²) in [7, 11) is 0. The number of para-hydroxylation sites is 2. The van der Waals surface area contributed by atoms with Gasteiger partial charge in [0.25, 0.3) is 0 Å². The first-order valence-corrected chi connectivity index (χ1v) is 7.08. The molecule has 0 aliphatic carbocycles. The number of carbonyl (C=O) groups is 1. The molecule has 1 aromatic heterocycles. The lowest BCUT2D eigenvalue weighted by Gasteiger charge is -2.15. The number of amides is 1. The third kappa shape index (κ3) is 2.53. The van der Waals surface area contributed by atoms with Crippen LogP contribution in [0.1, 0.15) is 18.5 Å². The second-order valence-electron chi connectivity index (χ2n) is 5.33. The maximum Gasteiger partial charge on any atom is 0.247 e. The number of aromatic hydroxyl groups is 1. The number of aromatic nitrogens is 2. The van der Waals surface area contributed by atoms with E-state index in [1.165, 1.54) is 0 Å². The van der Waals surface area contributed by atoms with E-state index < -0.39 is 6.04 Å². The highest BCUT2D eigenvalue weighted by Gasteiger charge is 2.18. The van der Waals surface area contributed by atoms with Crippen LogP contribution in [0.4, 0.5) is 5.69 Å². The van der Waals surface area contributed by atoms with Crippen LogP contribution < -0.4 is 5.32 Å². The van der Waals surface area contributed by atoms with Crippen LogP contribution in [-0.2, 0) is 4.79 Å². The number of carbonyl (C=O) groups excluding carboxylic acids is 1. The third-order valence-electron chi connectivity index (χ3n) is 3.69. The summed E-state index contributed by atoms with van der Waals surface area (Å²) in [6.45, 7) is 3.68. The topological polar surface area (TPSA) is 67.2 Å². The molecule has 0 spiro atoms. The number of benzene rings is 2. The molecular formula is C17H17N3O2. The van der Waals surface area contributed by atoms with Crippen molar-refractivity contribution in [1.29, 1.82) is 0 Å². The summed E-state index contributed by atoms with van der Waals surface area (Å²) in [4.78, 5) is 16.7. The van der Waals surface area contributed by atoms with Crippen molar-refractivity contribution >= 4 is 22.6 Å². The molecule has 0 saturated heterocycles. The van der Waals surface area contributed by atoms with Gasteiger partial charge in [-0.2, -0.15) is 0 Å². The summed E-state index contributed by atoms with van der Waals surface area (Å²) < 4.78 is 1.82. The van der Waals surface area contributed by atoms with Crippen molar-refractivity contribution in [2.24, 2.45) is 0 Å². The summed E-state index contributed by atoms with van der Waals surface area (Å²) in [6, 6.07) is 12.4. The van der Waals surface area contributed by atoms with Gasteiger partial charge in [0.15, 0.2) is 0 Å². The van der Waals surface area contributed by atoms with Gasteiger partial charge >= 0.3 is 0 Å². The van der Waals surface area contributed by atoms with Crippen LogP contribution in [0.2, 0.25) is 0 Å². The highest BCUT2D eigenvalue weighted by atomic mass is 16.3. The molecule has 3 aromatic rings. The average molecular weight is 295 g/mol. The molecule has 0 bridgehead atoms. The van der Waals surface area contributed by atoms with Gasteiger partial charge in [0.1, 0.15) is 11.8 Å². The number of anilines is 1. The molecule has 5 heteroatoms. The maximum absolute atomic E-state index is 12.4. The molecule has 112 valence electrons. The first kappa shape index (κ1) is 14.1. The molecule has 1 heterocycles. The summed E-state index contributed by atoms with van der Waals surface area (Å²) in [6.07, 6.45) is 1.66. The van der Waals surface area contributed by atoms with Crippen molar-refractivity contribution in [3.63, 3.8) is 0 Å². The lowest BCUT2D eigenvalue weighted by Crippen LogP contribution is -2.23. The van der Waals surface area contributed by atoms with Crippen molar-refractivity contribution in [3.8, 4) is 5.75 Å². The molecule has 5 nitrogen and oxygen atoms in total. The Labute approximate surface area is 128 Å². The Kier molecular flexibility index (Phi) is 3.55. The minimum Gasteiger partial charge on any atom is -0.506 e. The van der Waals surface area contributed by atoms with E-state index in [9.17, 15) is 9.90 Å². The molecule has 1 atom stereocenters. The fraction of sp³-hybridized carbons (Fsp3) is 0.176. The lowest BCUT2D eigenvalue weighted by molar-refractivity contribution is -0.118. The zero-order chi connectivity index (χ0) is 15.7. The first-order valence-electron chi connectivity index (χ1n) is 7.08. The number of fused-ring (bicyclic) bond motifs is 1. The number of phenolic OH excluding ortho intramolecular Hbond substituents is 1. The number of hydrogen-bond acceptors (Lipinski definition) is 3. The van der Waals surface area contributed by atoms with Crippen LogP contribution >= 0.6 is 0 Å². The Morgan fingerprint density at radius 3 is 2.82 bits per heavy atom. The van der Waals surface area contributed by atoms with Crippen molar-refractivity contribution < 1.29 is 9.90 Å². The van der Waals surface area contributed by atoms with Crippen LogP contribution in [0.15, 0.2) is 48.8 Å². The number of nitrogens with zero attached hydrogens (tertiary/aromatic N) is 2. The number of phenols is 1. The van der Waals surface area contributed by atoms with Crippen molar-refractivity contribution in [1.82, 2.24) is 9.55 Å². The van der Waals surface area contributed by atoms with Gasteiger partial charge in [-0.1, -0.05) is 18.2 Å². The van der Waals surface area contributed by atoms with E-state index >= 15 is 0 Å². The molecule has 0 saturated carbocycles. The van der Waals surface area contributed by atoms with Gasteiger partial charge in [-0.05, 0) is 43.7 Å². The normalized spacial score (nSPS) is 12.3. The van der Waals surface area contributed by atoms with E-state index in [1.54, 1.807) is 25.4 Å². The van der Waals surface area contributed by atoms with E-state index in [0.29, 0.717) is 5.69 Å². The van der Waals surface area contributed by atoms with Gasteiger partial charge < -0.3 is 15.0 Å². The molecule has 1 amide bonds. The van der Waals surface area contributed by atoms with Crippen LogP contribution in [-0.4, -0.2) is 20.6 Å². The number of nitrogens with one attached hydrogen (secondary N) is 1. The molecule has 3 rings (SSSR count). The van der Waals surface area contributed by atoms with Crippen molar-refractivity contribution in [3.05, 3.63) is 54.4 Å². The van der Waals surface area contributed by atoms with Crippen LogP contribution in [0.5, 0.6) is 5.75 Å². The van der Waals surface area contributed by atoms with E-state index in [1.807, 2.05) is 41.8 Å². The van der Waals surface area contributed by atoms with Gasteiger partial charge in [-0.25, -0.2) is 4.98 Å². The predicted octanol–water partition coefficient (Wildman–Crippen LogP) is 3.25. The zero-order valence-electron chi connectivity index (χ0n) is 12.4. The highest BCUT2D eigenvalue weighted by Crippen LogP contribution is 2.25. The highest BCUT2D eigenvalue weighted by molar-refractivity contribution is 5.95. The Balaban J connectivity index is 1.85. The molecule has 2 N–H and O–H groups in total. The molecule has 0 aliphatic rings. The summed E-state index contributed by atoms with van der Waals surface area (Å²) in [5.41, 5.74) is 3.09. The van der Waals surface area contributed by atoms with E-state index in [-0.39, 0.29) is 11.7 Å². The molecule has 2 aromatic carbocycles. The quantitative estimate of drug-likeness (QED) is 0.729. The molecule has 0 radical (unpaired) electrons. The fourth-order valence-corrected chi connectivity index (χ4v) is 2.40. The Bertz CT molecular complexity index is 839. The Hall–Kier alpha value is -2.82. The maximum atomic E-state index is 12.4. The number of aryl methyl sites for hydroxylation is 1. The number of rotatable bonds is 3. The van der Waals surface area contributed by atoms with Gasteiger partial charge in [0.2, 0.25) is 5.91 Å². The summed E-state index contributed by atoms with van der Waals surface area (Å²) in [5.74, 6) is -0.140. The fourth-order valence-electron chi connectivity index (χ4n) is 2.40. The van der Waals surface area contributed by atoms with E-state index in [2.05, 4.69) is 10.3 Å². The second kappa shape index (κ2) is 5.52.